The summed E-state index contributed by atoms with van der Waals surface area (Å²) in [6.45, 7) is 5.57. The van der Waals surface area contributed by atoms with Crippen LogP contribution in [0.25, 0.3) is 0 Å². The maximum absolute atomic E-state index is 13.4. The third kappa shape index (κ3) is 4.46. The second kappa shape index (κ2) is 9.24. The molecule has 8 heteroatoms. The Bertz CT molecular complexity index is 976. The van der Waals surface area contributed by atoms with E-state index in [0.29, 0.717) is 29.5 Å². The number of hydrogen-bond acceptors (Lipinski definition) is 6. The van der Waals surface area contributed by atoms with Crippen LogP contribution in [-0.4, -0.2) is 70.9 Å². The number of carbonyl (C=O) groups is 2. The van der Waals surface area contributed by atoms with E-state index in [9.17, 15) is 9.59 Å². The number of nitrogens with one attached hydrogen (secondary N) is 1. The van der Waals surface area contributed by atoms with E-state index in [-0.39, 0.29) is 18.4 Å². The predicted molar refractivity (Wildman–Crippen MR) is 122 cm³/mol. The van der Waals surface area contributed by atoms with Gasteiger partial charge >= 0.3 is 0 Å². The van der Waals surface area contributed by atoms with Crippen molar-refractivity contribution in [2.45, 2.75) is 32.2 Å². The largest absolute Gasteiger partial charge is 0.359 e. The highest BCUT2D eigenvalue weighted by atomic mass is 16.2. The number of fused-ring (bicyclic) bond motifs is 1. The maximum atomic E-state index is 13.4. The van der Waals surface area contributed by atoms with Crippen LogP contribution in [0.4, 0.5) is 11.5 Å². The van der Waals surface area contributed by atoms with Gasteiger partial charge in [0.05, 0.1) is 30.0 Å². The van der Waals surface area contributed by atoms with Crippen molar-refractivity contribution < 1.29 is 9.59 Å². The summed E-state index contributed by atoms with van der Waals surface area (Å²) >= 11 is 0. The van der Waals surface area contributed by atoms with Gasteiger partial charge in [-0.15, -0.1) is 0 Å². The molecule has 32 heavy (non-hydrogen) atoms. The van der Waals surface area contributed by atoms with Crippen molar-refractivity contribution in [3.8, 4) is 0 Å². The molecule has 2 amide bonds. The molecule has 1 N–H and O–H groups in total. The van der Waals surface area contributed by atoms with Gasteiger partial charge in [-0.3, -0.25) is 14.6 Å². The number of likely N-dealkylation sites (tertiary alicyclic amines) is 2. The number of rotatable bonds is 5. The second-order valence-electron chi connectivity index (χ2n) is 9.01. The fraction of sp³-hybridized carbons (Fsp3) is 0.500. The van der Waals surface area contributed by atoms with Gasteiger partial charge in [0, 0.05) is 32.0 Å². The van der Waals surface area contributed by atoms with Gasteiger partial charge in [-0.25, -0.2) is 4.98 Å². The van der Waals surface area contributed by atoms with E-state index in [4.69, 9.17) is 0 Å². The molecule has 3 aliphatic rings. The van der Waals surface area contributed by atoms with Crippen LogP contribution in [-0.2, 0) is 11.3 Å². The molecule has 2 saturated heterocycles. The molecule has 3 aliphatic heterocycles. The summed E-state index contributed by atoms with van der Waals surface area (Å²) in [7, 11) is 0. The Balaban J connectivity index is 1.33. The number of piperidine rings is 1. The van der Waals surface area contributed by atoms with Crippen LogP contribution in [0.1, 0.15) is 41.7 Å². The zero-order valence-corrected chi connectivity index (χ0v) is 18.4. The normalized spacial score (nSPS) is 21.4. The quantitative estimate of drug-likeness (QED) is 0.778. The van der Waals surface area contributed by atoms with Crippen molar-refractivity contribution in [1.82, 2.24) is 19.8 Å². The van der Waals surface area contributed by atoms with E-state index in [2.05, 4.69) is 20.2 Å². The van der Waals surface area contributed by atoms with Gasteiger partial charge in [-0.1, -0.05) is 6.07 Å². The molecule has 0 spiro atoms. The first-order chi connectivity index (χ1) is 15.7. The fourth-order valence-electron chi connectivity index (χ4n) is 5.04. The molecule has 0 aromatic carbocycles. The highest BCUT2D eigenvalue weighted by Crippen LogP contribution is 2.30. The van der Waals surface area contributed by atoms with Crippen LogP contribution >= 0.6 is 0 Å². The first kappa shape index (κ1) is 20.9. The standard InChI is InChI=1S/C24H30N6O2/c31-22-14-27-23-21(30(22)17-20-7-1-2-8-25-20)12-19(13-26-23)24(32)29-11-5-6-18(16-29)15-28-9-3-4-10-28/h1-2,7-8,12-13,18H,3-6,9-11,14-17H2,(H,26,27). The molecular weight excluding hydrogens is 404 g/mol. The molecule has 2 aromatic rings. The summed E-state index contributed by atoms with van der Waals surface area (Å²) in [5, 5.41) is 3.07. The summed E-state index contributed by atoms with van der Waals surface area (Å²) < 4.78 is 0. The number of pyridine rings is 2. The van der Waals surface area contributed by atoms with Crippen LogP contribution < -0.4 is 10.2 Å². The second-order valence-corrected chi connectivity index (χ2v) is 9.01. The van der Waals surface area contributed by atoms with Crippen molar-refractivity contribution in [3.05, 3.63) is 47.9 Å². The third-order valence-electron chi connectivity index (χ3n) is 6.68. The molecule has 5 heterocycles. The monoisotopic (exact) mass is 434 g/mol. The van der Waals surface area contributed by atoms with Crippen LogP contribution in [0.5, 0.6) is 0 Å². The molecule has 1 unspecified atom stereocenters. The van der Waals surface area contributed by atoms with Gasteiger partial charge in [0.25, 0.3) is 5.91 Å². The zero-order valence-electron chi connectivity index (χ0n) is 18.4. The summed E-state index contributed by atoms with van der Waals surface area (Å²) in [6, 6.07) is 7.46. The minimum absolute atomic E-state index is 0.00207. The van der Waals surface area contributed by atoms with Gasteiger partial charge in [0.2, 0.25) is 5.91 Å². The molecule has 5 rings (SSSR count). The average Bonchev–Trinajstić information content (AvgIpc) is 3.34. The van der Waals surface area contributed by atoms with Gasteiger partial charge in [-0.05, 0) is 62.9 Å². The smallest absolute Gasteiger partial charge is 0.255 e. The SMILES string of the molecule is O=C(c1cnc2c(c1)N(Cc1ccccn1)C(=O)CN2)N1CCCC(CN2CCCC2)C1. The number of amides is 2. The van der Waals surface area contributed by atoms with Gasteiger partial charge in [0.1, 0.15) is 0 Å². The van der Waals surface area contributed by atoms with E-state index in [1.54, 1.807) is 17.3 Å². The lowest BCUT2D eigenvalue weighted by atomic mass is 9.97. The van der Waals surface area contributed by atoms with E-state index >= 15 is 0 Å². The Morgan fingerprint density at radius 2 is 2.00 bits per heavy atom. The van der Waals surface area contributed by atoms with Gasteiger partial charge in [0.15, 0.2) is 5.82 Å². The Morgan fingerprint density at radius 3 is 2.81 bits per heavy atom. The Morgan fingerprint density at radius 1 is 1.12 bits per heavy atom. The molecular formula is C24H30N6O2. The van der Waals surface area contributed by atoms with E-state index < -0.39 is 0 Å². The number of carbonyl (C=O) groups excluding carboxylic acids is 2. The molecule has 8 nitrogen and oxygen atoms in total. The van der Waals surface area contributed by atoms with E-state index in [0.717, 1.165) is 31.7 Å². The molecule has 168 valence electrons. The summed E-state index contributed by atoms with van der Waals surface area (Å²) in [6.07, 6.45) is 8.15. The lowest BCUT2D eigenvalue weighted by molar-refractivity contribution is -0.117. The van der Waals surface area contributed by atoms with E-state index in [1.807, 2.05) is 29.2 Å². The lowest BCUT2D eigenvalue weighted by Crippen LogP contribution is -2.44. The molecule has 0 aliphatic carbocycles. The maximum Gasteiger partial charge on any atom is 0.255 e. The van der Waals surface area contributed by atoms with E-state index in [1.165, 1.54) is 32.4 Å². The van der Waals surface area contributed by atoms with Crippen molar-refractivity contribution in [2.24, 2.45) is 5.92 Å². The summed E-state index contributed by atoms with van der Waals surface area (Å²) in [4.78, 5) is 41.0. The summed E-state index contributed by atoms with van der Waals surface area (Å²) in [5.74, 6) is 1.10. The van der Waals surface area contributed by atoms with Crippen molar-refractivity contribution in [2.75, 3.05) is 49.5 Å². The molecule has 0 bridgehead atoms. The minimum Gasteiger partial charge on any atom is -0.359 e. The zero-order chi connectivity index (χ0) is 21.9. The van der Waals surface area contributed by atoms with Crippen LogP contribution in [0.3, 0.4) is 0 Å². The Labute approximate surface area is 188 Å². The first-order valence-electron chi connectivity index (χ1n) is 11.6. The number of anilines is 2. The first-order valence-corrected chi connectivity index (χ1v) is 11.6. The number of aromatic nitrogens is 2. The van der Waals surface area contributed by atoms with Crippen LogP contribution in [0.15, 0.2) is 36.7 Å². The lowest BCUT2D eigenvalue weighted by Gasteiger charge is -2.35. The molecule has 0 saturated carbocycles. The highest BCUT2D eigenvalue weighted by molar-refractivity contribution is 6.04. The van der Waals surface area contributed by atoms with Gasteiger partial charge < -0.3 is 20.0 Å². The third-order valence-corrected chi connectivity index (χ3v) is 6.68. The van der Waals surface area contributed by atoms with Crippen LogP contribution in [0.2, 0.25) is 0 Å². The van der Waals surface area contributed by atoms with Crippen molar-refractivity contribution in [3.63, 3.8) is 0 Å². The topological polar surface area (TPSA) is 81.7 Å². The highest BCUT2D eigenvalue weighted by Gasteiger charge is 2.30. The molecule has 1 atom stereocenters. The molecule has 2 fully saturated rings. The number of nitrogens with zero attached hydrogens (tertiary/aromatic N) is 5. The Hall–Kier alpha value is -3.00. The fourth-order valence-corrected chi connectivity index (χ4v) is 5.04. The van der Waals surface area contributed by atoms with Gasteiger partial charge in [-0.2, -0.15) is 0 Å². The predicted octanol–water partition coefficient (Wildman–Crippen LogP) is 2.38. The average molecular weight is 435 g/mol. The Kier molecular flexibility index (Phi) is 6.03. The van der Waals surface area contributed by atoms with Crippen molar-refractivity contribution in [1.29, 1.82) is 0 Å². The van der Waals surface area contributed by atoms with Crippen LogP contribution in [0, 0.1) is 5.92 Å². The molecule has 0 radical (unpaired) electrons. The van der Waals surface area contributed by atoms with Crippen molar-refractivity contribution >= 4 is 23.3 Å². The molecule has 2 aromatic heterocycles. The number of hydrogen-bond donors (Lipinski definition) is 1. The summed E-state index contributed by atoms with van der Waals surface area (Å²) in [5.41, 5.74) is 1.97. The minimum atomic E-state index is -0.0572.